The van der Waals surface area contributed by atoms with Crippen LogP contribution < -0.4 is 0 Å². The third-order valence-electron chi connectivity index (χ3n) is 4.49. The maximum Gasteiger partial charge on any atom is 0.162 e. The lowest BCUT2D eigenvalue weighted by atomic mass is 10.0. The van der Waals surface area contributed by atoms with E-state index in [0.717, 1.165) is 29.8 Å². The molecule has 0 N–H and O–H groups in total. The molecule has 136 valence electrons. The van der Waals surface area contributed by atoms with E-state index < -0.39 is 0 Å². The fourth-order valence-corrected chi connectivity index (χ4v) is 3.15. The summed E-state index contributed by atoms with van der Waals surface area (Å²) in [4.78, 5) is 19.1. The lowest BCUT2D eigenvalue weighted by Crippen LogP contribution is -2.30. The van der Waals surface area contributed by atoms with E-state index in [4.69, 9.17) is 0 Å². The van der Waals surface area contributed by atoms with E-state index in [1.165, 1.54) is 32.4 Å². The number of aromatic nitrogens is 1. The van der Waals surface area contributed by atoms with Gasteiger partial charge >= 0.3 is 0 Å². The molecule has 2 heterocycles. The normalized spacial score (nSPS) is 14.2. The topological polar surface area (TPSA) is 33.2 Å². The molecule has 5 heteroatoms. The second kappa shape index (κ2) is 11.2. The number of benzene rings is 1. The Morgan fingerprint density at radius 3 is 2.32 bits per heavy atom. The monoisotopic (exact) mass is 380 g/mol. The molecule has 1 aromatic carbocycles. The van der Waals surface area contributed by atoms with Gasteiger partial charge in [0.25, 0.3) is 0 Å². The van der Waals surface area contributed by atoms with Crippen molar-refractivity contribution in [3.63, 3.8) is 0 Å². The first-order chi connectivity index (χ1) is 11.3. The highest BCUT2D eigenvalue weighted by Crippen LogP contribution is 2.18. The van der Waals surface area contributed by atoms with Crippen LogP contribution >= 0.6 is 24.8 Å². The van der Waals surface area contributed by atoms with Gasteiger partial charge in [0.1, 0.15) is 0 Å². The number of ketones is 1. The maximum absolute atomic E-state index is 12.3. The number of carbonyl (C=O) groups excluding carboxylic acids is 1. The van der Waals surface area contributed by atoms with Crippen LogP contribution in [-0.4, -0.2) is 35.3 Å². The molecule has 0 aliphatic carbocycles. The quantitative estimate of drug-likeness (QED) is 0.657. The average Bonchev–Trinajstić information content (AvgIpc) is 2.63. The van der Waals surface area contributed by atoms with Gasteiger partial charge in [0, 0.05) is 23.7 Å². The smallest absolute Gasteiger partial charge is 0.162 e. The predicted molar refractivity (Wildman–Crippen MR) is 108 cm³/mol. The minimum absolute atomic E-state index is 0. The number of pyridine rings is 1. The van der Waals surface area contributed by atoms with Crippen molar-refractivity contribution >= 4 is 30.6 Å². The fourth-order valence-electron chi connectivity index (χ4n) is 3.15. The molecule has 1 aromatic heterocycles. The van der Waals surface area contributed by atoms with Crippen LogP contribution in [0.15, 0.2) is 48.7 Å². The van der Waals surface area contributed by atoms with Crippen LogP contribution in [0.5, 0.6) is 0 Å². The van der Waals surface area contributed by atoms with Crippen LogP contribution in [0.4, 0.5) is 0 Å². The van der Waals surface area contributed by atoms with Crippen LogP contribution in [0, 0.1) is 0 Å². The molecule has 0 saturated carbocycles. The van der Waals surface area contributed by atoms with Crippen molar-refractivity contribution in [3.8, 4) is 11.3 Å². The molecule has 0 atom stereocenters. The number of likely N-dealkylation sites (tertiary alicyclic amines) is 1. The summed E-state index contributed by atoms with van der Waals surface area (Å²) in [7, 11) is 0. The number of piperidine rings is 1. The molecule has 0 spiro atoms. The highest BCUT2D eigenvalue weighted by atomic mass is 35.5. The summed E-state index contributed by atoms with van der Waals surface area (Å²) in [6, 6.07) is 13.7. The predicted octanol–water partition coefficient (Wildman–Crippen LogP) is 5.04. The van der Waals surface area contributed by atoms with Crippen LogP contribution in [-0.2, 0) is 0 Å². The summed E-state index contributed by atoms with van der Waals surface area (Å²) in [6.07, 6.45) is 7.36. The number of halogens is 2. The Morgan fingerprint density at radius 2 is 1.68 bits per heavy atom. The fraction of sp³-hybridized carbons (Fsp3) is 0.400. The van der Waals surface area contributed by atoms with Gasteiger partial charge in [-0.2, -0.15) is 0 Å². The van der Waals surface area contributed by atoms with Gasteiger partial charge < -0.3 is 4.90 Å². The Kier molecular flexibility index (Phi) is 9.73. The largest absolute Gasteiger partial charge is 0.303 e. The van der Waals surface area contributed by atoms with Crippen molar-refractivity contribution in [2.45, 2.75) is 32.1 Å². The van der Waals surface area contributed by atoms with Crippen molar-refractivity contribution in [2.75, 3.05) is 19.6 Å². The highest BCUT2D eigenvalue weighted by molar-refractivity contribution is 5.96. The van der Waals surface area contributed by atoms with Crippen LogP contribution in [0.25, 0.3) is 11.3 Å². The molecular formula is C20H26Cl2N2O. The van der Waals surface area contributed by atoms with Crippen LogP contribution in [0.2, 0.25) is 0 Å². The number of carbonyl (C=O) groups is 1. The summed E-state index contributed by atoms with van der Waals surface area (Å²) in [5, 5.41) is 0. The summed E-state index contributed by atoms with van der Waals surface area (Å²) in [6.45, 7) is 3.46. The number of rotatable bonds is 6. The molecule has 1 fully saturated rings. The Labute approximate surface area is 162 Å². The van der Waals surface area contributed by atoms with E-state index in [1.807, 2.05) is 42.5 Å². The van der Waals surface area contributed by atoms with Gasteiger partial charge in [0.2, 0.25) is 0 Å². The Hall–Kier alpha value is -1.42. The SMILES string of the molecule is Cl.Cl.O=C(CCCN1CCCCC1)c1ccc(-c2ccccn2)cc1. The van der Waals surface area contributed by atoms with Crippen LogP contribution in [0.1, 0.15) is 42.5 Å². The summed E-state index contributed by atoms with van der Waals surface area (Å²) in [5.74, 6) is 0.245. The highest BCUT2D eigenvalue weighted by Gasteiger charge is 2.11. The lowest BCUT2D eigenvalue weighted by Gasteiger charge is -2.26. The molecule has 3 rings (SSSR count). The van der Waals surface area contributed by atoms with Crippen molar-refractivity contribution in [2.24, 2.45) is 0 Å². The molecule has 1 aliphatic rings. The number of hydrogen-bond acceptors (Lipinski definition) is 3. The first kappa shape index (κ1) is 21.6. The van der Waals surface area contributed by atoms with Gasteiger partial charge in [-0.05, 0) is 51.0 Å². The van der Waals surface area contributed by atoms with Gasteiger partial charge in [-0.3, -0.25) is 9.78 Å². The molecule has 25 heavy (non-hydrogen) atoms. The number of nitrogens with zero attached hydrogens (tertiary/aromatic N) is 2. The lowest BCUT2D eigenvalue weighted by molar-refractivity contribution is 0.0973. The molecule has 0 amide bonds. The zero-order valence-corrected chi connectivity index (χ0v) is 16.0. The molecule has 0 radical (unpaired) electrons. The third-order valence-corrected chi connectivity index (χ3v) is 4.49. The molecule has 2 aromatic rings. The van der Waals surface area contributed by atoms with E-state index in [-0.39, 0.29) is 30.6 Å². The first-order valence-electron chi connectivity index (χ1n) is 8.60. The van der Waals surface area contributed by atoms with Crippen molar-refractivity contribution < 1.29 is 4.79 Å². The van der Waals surface area contributed by atoms with Crippen molar-refractivity contribution in [1.82, 2.24) is 9.88 Å². The summed E-state index contributed by atoms with van der Waals surface area (Å²) >= 11 is 0. The molecule has 0 bridgehead atoms. The molecular weight excluding hydrogens is 355 g/mol. The van der Waals surface area contributed by atoms with E-state index >= 15 is 0 Å². The van der Waals surface area contributed by atoms with Crippen molar-refractivity contribution in [1.29, 1.82) is 0 Å². The number of hydrogen-bond donors (Lipinski definition) is 0. The van der Waals surface area contributed by atoms with Gasteiger partial charge in [0.05, 0.1) is 5.69 Å². The van der Waals surface area contributed by atoms with Gasteiger partial charge in [-0.15, -0.1) is 24.8 Å². The minimum atomic E-state index is 0. The first-order valence-corrected chi connectivity index (χ1v) is 8.60. The van der Waals surface area contributed by atoms with Gasteiger partial charge in [-0.25, -0.2) is 0 Å². The second-order valence-electron chi connectivity index (χ2n) is 6.22. The summed E-state index contributed by atoms with van der Waals surface area (Å²) < 4.78 is 0. The standard InChI is InChI=1S/C20H24N2O.2ClH/c23-20(8-6-16-22-14-4-1-5-15-22)18-11-9-17(10-12-18)19-7-2-3-13-21-19;;/h2-3,7,9-13H,1,4-6,8,14-16H2;2*1H. The molecule has 1 saturated heterocycles. The van der Waals surface area contributed by atoms with Crippen molar-refractivity contribution in [3.05, 3.63) is 54.2 Å². The Morgan fingerprint density at radius 1 is 0.960 bits per heavy atom. The Bertz CT molecular complexity index is 626. The van der Waals surface area contributed by atoms with Gasteiger partial charge in [0.15, 0.2) is 5.78 Å². The Balaban J connectivity index is 0.00000156. The van der Waals surface area contributed by atoms with Gasteiger partial charge in [-0.1, -0.05) is 36.8 Å². The molecule has 0 unspecified atom stereocenters. The second-order valence-corrected chi connectivity index (χ2v) is 6.22. The van der Waals surface area contributed by atoms with E-state index in [2.05, 4.69) is 9.88 Å². The minimum Gasteiger partial charge on any atom is -0.303 e. The third kappa shape index (κ3) is 6.43. The van der Waals surface area contributed by atoms with Crippen LogP contribution in [0.3, 0.4) is 0 Å². The average molecular weight is 381 g/mol. The zero-order valence-electron chi connectivity index (χ0n) is 14.4. The van der Waals surface area contributed by atoms with E-state index in [0.29, 0.717) is 6.42 Å². The van der Waals surface area contributed by atoms with E-state index in [9.17, 15) is 4.79 Å². The zero-order chi connectivity index (χ0) is 15.9. The molecule has 3 nitrogen and oxygen atoms in total. The molecule has 1 aliphatic heterocycles. The summed E-state index contributed by atoms with van der Waals surface area (Å²) in [5.41, 5.74) is 2.80. The van der Waals surface area contributed by atoms with E-state index in [1.54, 1.807) is 6.20 Å². The number of Topliss-reactive ketones (excluding diaryl/α,β-unsaturated/α-hetero) is 1. The maximum atomic E-state index is 12.3.